The highest BCUT2D eigenvalue weighted by molar-refractivity contribution is 5.92. The smallest absolute Gasteiger partial charge is 0.275 e. The summed E-state index contributed by atoms with van der Waals surface area (Å²) in [4.78, 5) is 23.3. The third-order valence-electron chi connectivity index (χ3n) is 6.12. The molecule has 0 unspecified atom stereocenters. The van der Waals surface area contributed by atoms with Gasteiger partial charge in [0.25, 0.3) is 5.91 Å². The number of ether oxygens (including phenoxy) is 2. The van der Waals surface area contributed by atoms with Gasteiger partial charge in [-0.05, 0) is 30.8 Å². The number of benzene rings is 2. The van der Waals surface area contributed by atoms with E-state index >= 15 is 0 Å². The van der Waals surface area contributed by atoms with Crippen LogP contribution in [0.2, 0.25) is 0 Å². The summed E-state index contributed by atoms with van der Waals surface area (Å²) in [6.45, 7) is 4.39. The molecule has 0 aliphatic carbocycles. The van der Waals surface area contributed by atoms with Crippen molar-refractivity contribution in [2.45, 2.75) is 19.6 Å². The Morgan fingerprint density at radius 2 is 1.82 bits per heavy atom. The van der Waals surface area contributed by atoms with Gasteiger partial charge in [-0.15, -0.1) is 0 Å². The molecule has 178 valence electrons. The summed E-state index contributed by atoms with van der Waals surface area (Å²) in [5, 5.41) is 0. The molecule has 0 atom stereocenters. The molecular weight excluding hydrogens is 439 g/mol. The Bertz CT molecular complexity index is 1160. The van der Waals surface area contributed by atoms with Gasteiger partial charge in [0.15, 0.2) is 17.2 Å². The summed E-state index contributed by atoms with van der Waals surface area (Å²) in [7, 11) is 2.04. The average molecular weight is 467 g/mol. The SMILES string of the molecule is CN1CCN(C(=O)c2coc(CN(Cc3ccc4c(c3)OCO4)Cc3ccccc3F)n2)CC1. The molecule has 5 rings (SSSR count). The minimum atomic E-state index is -0.267. The molecule has 8 nitrogen and oxygen atoms in total. The van der Waals surface area contributed by atoms with Gasteiger partial charge in [-0.3, -0.25) is 9.69 Å². The fraction of sp³-hybridized carbons (Fsp3) is 0.360. The number of oxazole rings is 1. The van der Waals surface area contributed by atoms with E-state index in [1.54, 1.807) is 17.0 Å². The Balaban J connectivity index is 1.32. The Labute approximate surface area is 197 Å². The first kappa shape index (κ1) is 22.4. The minimum Gasteiger partial charge on any atom is -0.454 e. The van der Waals surface area contributed by atoms with Crippen LogP contribution >= 0.6 is 0 Å². The predicted molar refractivity (Wildman–Crippen MR) is 122 cm³/mol. The zero-order valence-corrected chi connectivity index (χ0v) is 19.1. The molecule has 2 aliphatic rings. The average Bonchev–Trinajstić information content (AvgIpc) is 3.50. The first-order chi connectivity index (χ1) is 16.5. The number of piperazine rings is 1. The lowest BCUT2D eigenvalue weighted by molar-refractivity contribution is 0.0658. The van der Waals surface area contributed by atoms with Crippen LogP contribution in [0.25, 0.3) is 0 Å². The molecule has 1 fully saturated rings. The van der Waals surface area contributed by atoms with Gasteiger partial charge in [0, 0.05) is 44.8 Å². The van der Waals surface area contributed by atoms with Gasteiger partial charge in [0.1, 0.15) is 12.1 Å². The van der Waals surface area contributed by atoms with Crippen LogP contribution in [-0.4, -0.2) is 65.6 Å². The lowest BCUT2D eigenvalue weighted by Crippen LogP contribution is -2.47. The van der Waals surface area contributed by atoms with Crippen LogP contribution in [0, 0.1) is 5.82 Å². The van der Waals surface area contributed by atoms with Gasteiger partial charge >= 0.3 is 0 Å². The summed E-state index contributed by atoms with van der Waals surface area (Å²) >= 11 is 0. The second-order valence-corrected chi connectivity index (χ2v) is 8.65. The minimum absolute atomic E-state index is 0.125. The third kappa shape index (κ3) is 5.05. The van der Waals surface area contributed by atoms with Gasteiger partial charge in [-0.2, -0.15) is 0 Å². The Hall–Kier alpha value is -3.43. The molecule has 0 spiro atoms. The standard InChI is InChI=1S/C25H27FN4O4/c1-28-8-10-30(11-9-28)25(31)21-16-32-24(27-21)15-29(14-19-4-2-3-5-20(19)26)13-18-6-7-22-23(12-18)34-17-33-22/h2-7,12,16H,8-11,13-15,17H2,1H3. The first-order valence-corrected chi connectivity index (χ1v) is 11.3. The number of fused-ring (bicyclic) bond motifs is 1. The highest BCUT2D eigenvalue weighted by Crippen LogP contribution is 2.33. The Morgan fingerprint density at radius 1 is 1.03 bits per heavy atom. The van der Waals surface area contributed by atoms with E-state index in [4.69, 9.17) is 13.9 Å². The molecule has 0 saturated carbocycles. The summed E-state index contributed by atoms with van der Waals surface area (Å²) in [5.74, 6) is 1.43. The molecule has 9 heteroatoms. The summed E-state index contributed by atoms with van der Waals surface area (Å²) in [6.07, 6.45) is 1.41. The van der Waals surface area contributed by atoms with E-state index in [2.05, 4.69) is 9.88 Å². The van der Waals surface area contributed by atoms with Crippen molar-refractivity contribution in [3.05, 3.63) is 77.3 Å². The Morgan fingerprint density at radius 3 is 2.65 bits per heavy atom. The number of aromatic nitrogens is 1. The topological polar surface area (TPSA) is 71.3 Å². The van der Waals surface area contributed by atoms with Gasteiger partial charge in [-0.1, -0.05) is 24.3 Å². The zero-order chi connectivity index (χ0) is 23.5. The van der Waals surface area contributed by atoms with Crippen molar-refractivity contribution >= 4 is 5.91 Å². The molecule has 1 saturated heterocycles. The number of carbonyl (C=O) groups excluding carboxylic acids is 1. The normalized spacial score (nSPS) is 15.8. The van der Waals surface area contributed by atoms with E-state index in [9.17, 15) is 9.18 Å². The molecule has 2 aliphatic heterocycles. The molecule has 1 amide bonds. The van der Waals surface area contributed by atoms with Crippen molar-refractivity contribution in [1.29, 1.82) is 0 Å². The summed E-state index contributed by atoms with van der Waals surface area (Å²) in [5.41, 5.74) is 1.86. The molecule has 3 heterocycles. The second kappa shape index (κ2) is 9.82. The van der Waals surface area contributed by atoms with Crippen molar-refractivity contribution in [3.8, 4) is 11.5 Å². The van der Waals surface area contributed by atoms with Gasteiger partial charge in [-0.25, -0.2) is 9.37 Å². The lowest BCUT2D eigenvalue weighted by Gasteiger charge is -2.31. The largest absolute Gasteiger partial charge is 0.454 e. The van der Waals surface area contributed by atoms with E-state index in [1.165, 1.54) is 12.3 Å². The summed E-state index contributed by atoms with van der Waals surface area (Å²) < 4.78 is 30.9. The predicted octanol–water partition coefficient (Wildman–Crippen LogP) is 3.13. The van der Waals surface area contributed by atoms with Crippen LogP contribution in [0.3, 0.4) is 0 Å². The third-order valence-corrected chi connectivity index (χ3v) is 6.12. The molecule has 1 aromatic heterocycles. The van der Waals surface area contributed by atoms with Crippen molar-refractivity contribution in [3.63, 3.8) is 0 Å². The van der Waals surface area contributed by atoms with Crippen LogP contribution in [0.15, 0.2) is 53.1 Å². The zero-order valence-electron chi connectivity index (χ0n) is 19.1. The maximum absolute atomic E-state index is 14.4. The van der Waals surface area contributed by atoms with Crippen LogP contribution < -0.4 is 9.47 Å². The van der Waals surface area contributed by atoms with Crippen molar-refractivity contribution in [2.75, 3.05) is 40.0 Å². The fourth-order valence-electron chi connectivity index (χ4n) is 4.18. The lowest BCUT2D eigenvalue weighted by atomic mass is 10.1. The van der Waals surface area contributed by atoms with Crippen molar-refractivity contribution < 1.29 is 23.1 Å². The van der Waals surface area contributed by atoms with Gasteiger partial charge in [0.05, 0.1) is 6.54 Å². The van der Waals surface area contributed by atoms with Crippen molar-refractivity contribution in [2.24, 2.45) is 0 Å². The molecule has 0 N–H and O–H groups in total. The van der Waals surface area contributed by atoms with Gasteiger partial charge < -0.3 is 23.7 Å². The quantitative estimate of drug-likeness (QED) is 0.530. The van der Waals surface area contributed by atoms with Crippen LogP contribution in [0.4, 0.5) is 4.39 Å². The number of amides is 1. The first-order valence-electron chi connectivity index (χ1n) is 11.3. The molecule has 2 aromatic carbocycles. The maximum Gasteiger partial charge on any atom is 0.275 e. The fourth-order valence-corrected chi connectivity index (χ4v) is 4.18. The van der Waals surface area contributed by atoms with Gasteiger partial charge in [0.2, 0.25) is 12.7 Å². The summed E-state index contributed by atoms with van der Waals surface area (Å²) in [6, 6.07) is 12.5. The number of nitrogens with zero attached hydrogens (tertiary/aromatic N) is 4. The van der Waals surface area contributed by atoms with E-state index in [0.717, 1.165) is 18.7 Å². The molecule has 34 heavy (non-hydrogen) atoms. The molecular formula is C25H27FN4O4. The molecule has 0 bridgehead atoms. The van der Waals surface area contributed by atoms with E-state index < -0.39 is 0 Å². The number of rotatable bonds is 7. The van der Waals surface area contributed by atoms with Crippen molar-refractivity contribution in [1.82, 2.24) is 19.7 Å². The maximum atomic E-state index is 14.4. The Kier molecular flexibility index (Phi) is 6.46. The molecule has 3 aromatic rings. The van der Waals surface area contributed by atoms with Crippen LogP contribution in [0.5, 0.6) is 11.5 Å². The number of likely N-dealkylation sites (N-methyl/N-ethyl adjacent to an activating group) is 1. The number of carbonyl (C=O) groups is 1. The number of hydrogen-bond acceptors (Lipinski definition) is 7. The monoisotopic (exact) mass is 466 g/mol. The van der Waals surface area contributed by atoms with Crippen LogP contribution in [0.1, 0.15) is 27.5 Å². The highest BCUT2D eigenvalue weighted by Gasteiger charge is 2.24. The number of hydrogen-bond donors (Lipinski definition) is 0. The van der Waals surface area contributed by atoms with E-state index in [1.807, 2.05) is 36.2 Å². The number of halogens is 1. The highest BCUT2D eigenvalue weighted by atomic mass is 19.1. The van der Waals surface area contributed by atoms with E-state index in [-0.39, 0.29) is 18.5 Å². The second-order valence-electron chi connectivity index (χ2n) is 8.65. The van der Waals surface area contributed by atoms with E-state index in [0.29, 0.717) is 61.4 Å². The van der Waals surface area contributed by atoms with Crippen LogP contribution in [-0.2, 0) is 19.6 Å². The molecule has 0 radical (unpaired) electrons.